The van der Waals surface area contributed by atoms with Gasteiger partial charge < -0.3 is 9.84 Å². The Morgan fingerprint density at radius 2 is 2.28 bits per heavy atom. The number of hydrogen-bond acceptors (Lipinski definition) is 5. The van der Waals surface area contributed by atoms with E-state index in [-0.39, 0.29) is 0 Å². The van der Waals surface area contributed by atoms with Gasteiger partial charge >= 0.3 is 0 Å². The van der Waals surface area contributed by atoms with Crippen molar-refractivity contribution < 1.29 is 4.52 Å². The normalized spacial score (nSPS) is 12.6. The Kier molecular flexibility index (Phi) is 4.04. The summed E-state index contributed by atoms with van der Waals surface area (Å²) >= 11 is 0. The molecule has 0 bridgehead atoms. The van der Waals surface area contributed by atoms with E-state index in [1.54, 1.807) is 6.20 Å². The Hall–Kier alpha value is -1.75. The van der Waals surface area contributed by atoms with Crippen molar-refractivity contribution in [1.29, 1.82) is 0 Å². The molecule has 0 spiro atoms. The summed E-state index contributed by atoms with van der Waals surface area (Å²) in [5, 5.41) is 7.25. The second-order valence-electron chi connectivity index (χ2n) is 4.42. The van der Waals surface area contributed by atoms with Crippen molar-refractivity contribution in [3.63, 3.8) is 0 Å². The van der Waals surface area contributed by atoms with E-state index in [9.17, 15) is 0 Å². The summed E-state index contributed by atoms with van der Waals surface area (Å²) in [6.07, 6.45) is 2.82. The van der Waals surface area contributed by atoms with Crippen molar-refractivity contribution in [2.45, 2.75) is 39.8 Å². The van der Waals surface area contributed by atoms with E-state index in [1.807, 2.05) is 19.1 Å². The third kappa shape index (κ3) is 3.13. The van der Waals surface area contributed by atoms with E-state index in [4.69, 9.17) is 4.52 Å². The number of nitrogens with one attached hydrogen (secondary N) is 1. The second-order valence-corrected chi connectivity index (χ2v) is 4.42. The number of pyridine rings is 1. The van der Waals surface area contributed by atoms with Crippen molar-refractivity contribution >= 4 is 0 Å². The van der Waals surface area contributed by atoms with Gasteiger partial charge in [-0.3, -0.25) is 4.98 Å². The van der Waals surface area contributed by atoms with Crippen LogP contribution < -0.4 is 5.32 Å². The molecule has 96 valence electrons. The first-order chi connectivity index (χ1) is 8.69. The molecule has 2 heterocycles. The fourth-order valence-corrected chi connectivity index (χ4v) is 1.50. The van der Waals surface area contributed by atoms with Gasteiger partial charge in [-0.15, -0.1) is 0 Å². The van der Waals surface area contributed by atoms with E-state index >= 15 is 0 Å². The minimum atomic E-state index is 0.442. The van der Waals surface area contributed by atoms with Gasteiger partial charge in [0.2, 0.25) is 11.7 Å². The van der Waals surface area contributed by atoms with Crippen LogP contribution in [-0.4, -0.2) is 21.2 Å². The fourth-order valence-electron chi connectivity index (χ4n) is 1.50. The Balaban J connectivity index is 2.06. The molecule has 5 heteroatoms. The highest BCUT2D eigenvalue weighted by molar-refractivity contribution is 5.48. The van der Waals surface area contributed by atoms with Crippen LogP contribution in [0.5, 0.6) is 0 Å². The minimum absolute atomic E-state index is 0.442. The molecule has 0 radical (unpaired) electrons. The minimum Gasteiger partial charge on any atom is -0.337 e. The van der Waals surface area contributed by atoms with Gasteiger partial charge in [-0.2, -0.15) is 4.98 Å². The van der Waals surface area contributed by atoms with Crippen LogP contribution in [0.4, 0.5) is 0 Å². The van der Waals surface area contributed by atoms with Crippen molar-refractivity contribution in [3.8, 4) is 11.5 Å². The molecule has 1 unspecified atom stereocenters. The lowest BCUT2D eigenvalue weighted by molar-refractivity contribution is 0.358. The van der Waals surface area contributed by atoms with Gasteiger partial charge in [0.05, 0.1) is 6.54 Å². The highest BCUT2D eigenvalue weighted by atomic mass is 16.5. The van der Waals surface area contributed by atoms with Crippen molar-refractivity contribution in [3.05, 3.63) is 29.8 Å². The monoisotopic (exact) mass is 246 g/mol. The molecule has 18 heavy (non-hydrogen) atoms. The number of hydrogen-bond donors (Lipinski definition) is 1. The molecule has 0 aromatic carbocycles. The molecule has 5 nitrogen and oxygen atoms in total. The summed E-state index contributed by atoms with van der Waals surface area (Å²) in [5.74, 6) is 1.13. The molecule has 2 rings (SSSR count). The maximum absolute atomic E-state index is 5.19. The predicted molar refractivity (Wildman–Crippen MR) is 68.9 cm³/mol. The Labute approximate surface area is 107 Å². The van der Waals surface area contributed by atoms with E-state index in [1.165, 1.54) is 0 Å². The lowest BCUT2D eigenvalue weighted by Gasteiger charge is -2.07. The molecule has 2 aromatic heterocycles. The lowest BCUT2D eigenvalue weighted by atomic mass is 10.2. The standard InChI is InChI=1S/C13H18N4O/c1-4-10(3)15-8-12-16-13(17-18-12)11-7-9(2)5-6-14-11/h5-7,10,15H,4,8H2,1-3H3. The highest BCUT2D eigenvalue weighted by Gasteiger charge is 2.10. The Morgan fingerprint density at radius 3 is 3.00 bits per heavy atom. The quantitative estimate of drug-likeness (QED) is 0.877. The van der Waals surface area contributed by atoms with Crippen LogP contribution in [0.2, 0.25) is 0 Å². The molecule has 0 saturated carbocycles. The van der Waals surface area contributed by atoms with E-state index in [0.717, 1.165) is 17.7 Å². The Bertz CT molecular complexity index is 509. The molecule has 1 N–H and O–H groups in total. The first-order valence-corrected chi connectivity index (χ1v) is 6.18. The third-order valence-electron chi connectivity index (χ3n) is 2.83. The number of aromatic nitrogens is 3. The maximum atomic E-state index is 5.19. The molecule has 0 amide bonds. The zero-order valence-electron chi connectivity index (χ0n) is 11.0. The summed E-state index contributed by atoms with van der Waals surface area (Å²) in [6, 6.07) is 4.32. The van der Waals surface area contributed by atoms with Crippen LogP contribution in [0.15, 0.2) is 22.9 Å². The molecule has 2 aromatic rings. The van der Waals surface area contributed by atoms with Gasteiger partial charge in [0.1, 0.15) is 5.69 Å². The molecule has 0 aliphatic heterocycles. The highest BCUT2D eigenvalue weighted by Crippen LogP contribution is 2.13. The van der Waals surface area contributed by atoms with Gasteiger partial charge in [-0.25, -0.2) is 0 Å². The molecular formula is C13H18N4O. The molecule has 0 saturated heterocycles. The molecule has 0 fully saturated rings. The van der Waals surface area contributed by atoms with Gasteiger partial charge in [-0.05, 0) is 38.0 Å². The zero-order valence-corrected chi connectivity index (χ0v) is 11.0. The van der Waals surface area contributed by atoms with Gasteiger partial charge in [0.15, 0.2) is 0 Å². The second kappa shape index (κ2) is 5.73. The van der Waals surface area contributed by atoms with E-state index < -0.39 is 0 Å². The fraction of sp³-hybridized carbons (Fsp3) is 0.462. The van der Waals surface area contributed by atoms with Gasteiger partial charge in [-0.1, -0.05) is 12.1 Å². The summed E-state index contributed by atoms with van der Waals surface area (Å²) < 4.78 is 5.19. The van der Waals surface area contributed by atoms with Crippen LogP contribution in [0, 0.1) is 6.92 Å². The summed E-state index contributed by atoms with van der Waals surface area (Å²) in [5.41, 5.74) is 1.87. The number of aryl methyl sites for hydroxylation is 1. The van der Waals surface area contributed by atoms with Crippen molar-refractivity contribution in [2.24, 2.45) is 0 Å². The summed E-state index contributed by atoms with van der Waals surface area (Å²) in [6.45, 7) is 6.86. The molecule has 0 aliphatic carbocycles. The van der Waals surface area contributed by atoms with Crippen molar-refractivity contribution in [1.82, 2.24) is 20.4 Å². The Morgan fingerprint density at radius 1 is 1.44 bits per heavy atom. The number of nitrogens with zero attached hydrogens (tertiary/aromatic N) is 3. The molecule has 1 atom stereocenters. The topological polar surface area (TPSA) is 63.8 Å². The van der Waals surface area contributed by atoms with Gasteiger partial charge in [0, 0.05) is 12.2 Å². The smallest absolute Gasteiger partial charge is 0.240 e. The van der Waals surface area contributed by atoms with Crippen LogP contribution in [0.25, 0.3) is 11.5 Å². The molecule has 0 aliphatic rings. The van der Waals surface area contributed by atoms with Crippen molar-refractivity contribution in [2.75, 3.05) is 0 Å². The van der Waals surface area contributed by atoms with Crippen LogP contribution in [-0.2, 0) is 6.54 Å². The average molecular weight is 246 g/mol. The summed E-state index contributed by atoms with van der Waals surface area (Å²) in [4.78, 5) is 8.55. The average Bonchev–Trinajstić information content (AvgIpc) is 2.84. The van der Waals surface area contributed by atoms with E-state index in [2.05, 4.69) is 34.3 Å². The van der Waals surface area contributed by atoms with Gasteiger partial charge in [0.25, 0.3) is 0 Å². The third-order valence-corrected chi connectivity index (χ3v) is 2.83. The maximum Gasteiger partial charge on any atom is 0.240 e. The van der Waals surface area contributed by atoms with Crippen LogP contribution in [0.1, 0.15) is 31.7 Å². The number of rotatable bonds is 5. The predicted octanol–water partition coefficient (Wildman–Crippen LogP) is 2.33. The summed E-state index contributed by atoms with van der Waals surface area (Å²) in [7, 11) is 0. The SMILES string of the molecule is CCC(C)NCc1nc(-c2cc(C)ccn2)no1. The van der Waals surface area contributed by atoms with Crippen LogP contribution >= 0.6 is 0 Å². The van der Waals surface area contributed by atoms with E-state index in [0.29, 0.717) is 24.3 Å². The first kappa shape index (κ1) is 12.7. The zero-order chi connectivity index (χ0) is 13.0. The largest absolute Gasteiger partial charge is 0.337 e. The first-order valence-electron chi connectivity index (χ1n) is 6.18. The van der Waals surface area contributed by atoms with Crippen LogP contribution in [0.3, 0.4) is 0 Å². The molecular weight excluding hydrogens is 228 g/mol. The lowest BCUT2D eigenvalue weighted by Crippen LogP contribution is -2.24.